The lowest BCUT2D eigenvalue weighted by Gasteiger charge is -1.97. The number of nitrogens with one attached hydrogen (secondary N) is 1. The maximum Gasteiger partial charge on any atom is 0.203 e. The van der Waals surface area contributed by atoms with E-state index in [1.54, 1.807) is 18.3 Å². The third-order valence-corrected chi connectivity index (χ3v) is 4.33. The summed E-state index contributed by atoms with van der Waals surface area (Å²) in [6.07, 6.45) is 1.75. The van der Waals surface area contributed by atoms with Gasteiger partial charge in [0.2, 0.25) is 5.13 Å². The molecular weight excluding hydrogens is 307 g/mol. The molecule has 0 unspecified atom stereocenters. The first-order valence-electron chi connectivity index (χ1n) is 6.14. The Labute approximate surface area is 129 Å². The Morgan fingerprint density at radius 3 is 2.76 bits per heavy atom. The zero-order chi connectivity index (χ0) is 14.7. The molecule has 1 N–H and O–H groups in total. The van der Waals surface area contributed by atoms with E-state index in [1.807, 2.05) is 17.7 Å². The van der Waals surface area contributed by atoms with Crippen molar-refractivity contribution in [2.24, 2.45) is 5.10 Å². The molecule has 4 nitrogen and oxygen atoms in total. The highest BCUT2D eigenvalue weighted by Gasteiger charge is 2.05. The SMILES string of the molecule is C/C(=N\Nc1nc(-c2ccc(F)cc2)cs1)c1nccs1. The normalized spacial score (nSPS) is 11.6. The van der Waals surface area contributed by atoms with Gasteiger partial charge in [-0.2, -0.15) is 5.10 Å². The minimum Gasteiger partial charge on any atom is -0.252 e. The molecule has 0 saturated heterocycles. The summed E-state index contributed by atoms with van der Waals surface area (Å²) in [5.74, 6) is -0.254. The van der Waals surface area contributed by atoms with Crippen molar-refractivity contribution in [1.82, 2.24) is 9.97 Å². The van der Waals surface area contributed by atoms with E-state index in [-0.39, 0.29) is 5.82 Å². The lowest BCUT2D eigenvalue weighted by Crippen LogP contribution is -1.98. The number of benzene rings is 1. The first-order valence-corrected chi connectivity index (χ1v) is 7.90. The lowest BCUT2D eigenvalue weighted by atomic mass is 10.2. The summed E-state index contributed by atoms with van der Waals surface area (Å²) in [4.78, 5) is 8.61. The molecular formula is C14H11FN4S2. The number of nitrogens with zero attached hydrogens (tertiary/aromatic N) is 3. The summed E-state index contributed by atoms with van der Waals surface area (Å²) in [5, 5.41) is 9.63. The van der Waals surface area contributed by atoms with Gasteiger partial charge in [-0.05, 0) is 31.2 Å². The Kier molecular flexibility index (Phi) is 4.03. The van der Waals surface area contributed by atoms with Gasteiger partial charge in [-0.15, -0.1) is 22.7 Å². The quantitative estimate of drug-likeness (QED) is 0.578. The average Bonchev–Trinajstić information content (AvgIpc) is 3.17. The van der Waals surface area contributed by atoms with Crippen molar-refractivity contribution in [3.63, 3.8) is 0 Å². The van der Waals surface area contributed by atoms with Crippen molar-refractivity contribution in [2.45, 2.75) is 6.92 Å². The summed E-state index contributed by atoms with van der Waals surface area (Å²) < 4.78 is 12.9. The molecule has 0 saturated carbocycles. The predicted molar refractivity (Wildman–Crippen MR) is 85.5 cm³/mol. The summed E-state index contributed by atoms with van der Waals surface area (Å²) >= 11 is 2.98. The van der Waals surface area contributed by atoms with Crippen LogP contribution in [0.2, 0.25) is 0 Å². The van der Waals surface area contributed by atoms with Gasteiger partial charge >= 0.3 is 0 Å². The summed E-state index contributed by atoms with van der Waals surface area (Å²) in [5.41, 5.74) is 5.40. The molecule has 3 aromatic rings. The molecule has 0 fully saturated rings. The Bertz CT molecular complexity index is 748. The molecule has 0 atom stereocenters. The van der Waals surface area contributed by atoms with Crippen LogP contribution >= 0.6 is 22.7 Å². The van der Waals surface area contributed by atoms with Crippen LogP contribution in [0, 0.1) is 5.82 Å². The monoisotopic (exact) mass is 318 g/mol. The van der Waals surface area contributed by atoms with E-state index >= 15 is 0 Å². The third kappa shape index (κ3) is 3.32. The van der Waals surface area contributed by atoms with E-state index in [4.69, 9.17) is 0 Å². The predicted octanol–water partition coefficient (Wildman–Crippen LogP) is 4.24. The fourth-order valence-corrected chi connectivity index (χ4v) is 2.91. The van der Waals surface area contributed by atoms with Gasteiger partial charge in [0.05, 0.1) is 11.4 Å². The van der Waals surface area contributed by atoms with Crippen LogP contribution in [0.5, 0.6) is 0 Å². The van der Waals surface area contributed by atoms with Crippen LogP contribution in [-0.2, 0) is 0 Å². The zero-order valence-electron chi connectivity index (χ0n) is 11.1. The Balaban J connectivity index is 1.73. The van der Waals surface area contributed by atoms with E-state index in [9.17, 15) is 4.39 Å². The van der Waals surface area contributed by atoms with E-state index < -0.39 is 0 Å². The molecule has 0 bridgehead atoms. The fourth-order valence-electron chi connectivity index (χ4n) is 1.66. The van der Waals surface area contributed by atoms with Crippen LogP contribution in [0.3, 0.4) is 0 Å². The second-order valence-electron chi connectivity index (χ2n) is 4.19. The van der Waals surface area contributed by atoms with E-state index in [2.05, 4.69) is 20.5 Å². The number of thiazole rings is 2. The minimum atomic E-state index is -0.254. The second kappa shape index (κ2) is 6.11. The maximum atomic E-state index is 12.9. The number of anilines is 1. The van der Waals surface area contributed by atoms with Gasteiger partial charge in [0, 0.05) is 22.5 Å². The number of hydrogen-bond acceptors (Lipinski definition) is 6. The molecule has 1 aromatic carbocycles. The summed E-state index contributed by atoms with van der Waals surface area (Å²) in [6.45, 7) is 1.89. The largest absolute Gasteiger partial charge is 0.252 e. The van der Waals surface area contributed by atoms with E-state index in [0.29, 0.717) is 5.13 Å². The van der Waals surface area contributed by atoms with Gasteiger partial charge in [-0.1, -0.05) is 0 Å². The van der Waals surface area contributed by atoms with Gasteiger partial charge in [-0.25, -0.2) is 14.4 Å². The fraction of sp³-hybridized carbons (Fsp3) is 0.0714. The molecule has 0 radical (unpaired) electrons. The van der Waals surface area contributed by atoms with Gasteiger partial charge in [0.15, 0.2) is 0 Å². The van der Waals surface area contributed by atoms with Crippen molar-refractivity contribution in [3.8, 4) is 11.3 Å². The molecule has 0 aliphatic heterocycles. The Morgan fingerprint density at radius 2 is 2.05 bits per heavy atom. The number of hydrazone groups is 1. The standard InChI is InChI=1S/C14H11FN4S2/c1-9(13-16-6-7-20-13)18-19-14-17-12(8-21-14)10-2-4-11(15)5-3-10/h2-8H,1H3,(H,17,19)/b18-9+. The molecule has 2 heterocycles. The van der Waals surface area contributed by atoms with Crippen LogP contribution in [0.4, 0.5) is 9.52 Å². The molecule has 3 rings (SSSR count). The van der Waals surface area contributed by atoms with Gasteiger partial charge in [0.25, 0.3) is 0 Å². The van der Waals surface area contributed by atoms with Crippen LogP contribution in [0.25, 0.3) is 11.3 Å². The molecule has 0 spiro atoms. The summed E-state index contributed by atoms with van der Waals surface area (Å²) in [6, 6.07) is 6.26. The Morgan fingerprint density at radius 1 is 1.24 bits per heavy atom. The number of aromatic nitrogens is 2. The molecule has 7 heteroatoms. The van der Waals surface area contributed by atoms with E-state index in [1.165, 1.54) is 34.8 Å². The third-order valence-electron chi connectivity index (χ3n) is 2.71. The molecule has 106 valence electrons. The van der Waals surface area contributed by atoms with Crippen molar-refractivity contribution in [3.05, 3.63) is 52.0 Å². The lowest BCUT2D eigenvalue weighted by molar-refractivity contribution is 0.628. The van der Waals surface area contributed by atoms with Crippen molar-refractivity contribution in [1.29, 1.82) is 0 Å². The van der Waals surface area contributed by atoms with Crippen molar-refractivity contribution >= 4 is 33.5 Å². The first-order chi connectivity index (χ1) is 10.2. The highest BCUT2D eigenvalue weighted by Crippen LogP contribution is 2.25. The molecule has 0 amide bonds. The highest BCUT2D eigenvalue weighted by atomic mass is 32.1. The molecule has 21 heavy (non-hydrogen) atoms. The van der Waals surface area contributed by atoms with Crippen LogP contribution in [0.15, 0.2) is 46.3 Å². The van der Waals surface area contributed by atoms with E-state index in [0.717, 1.165) is 22.0 Å². The van der Waals surface area contributed by atoms with Crippen molar-refractivity contribution in [2.75, 3.05) is 5.43 Å². The minimum absolute atomic E-state index is 0.254. The van der Waals surface area contributed by atoms with Gasteiger partial charge in [0.1, 0.15) is 10.8 Å². The number of halogens is 1. The molecule has 0 aliphatic rings. The highest BCUT2D eigenvalue weighted by molar-refractivity contribution is 7.14. The average molecular weight is 318 g/mol. The maximum absolute atomic E-state index is 12.9. The van der Waals surface area contributed by atoms with Crippen LogP contribution in [-0.4, -0.2) is 15.7 Å². The summed E-state index contributed by atoms with van der Waals surface area (Å²) in [7, 11) is 0. The van der Waals surface area contributed by atoms with Gasteiger partial charge < -0.3 is 0 Å². The Hall–Kier alpha value is -2.12. The van der Waals surface area contributed by atoms with Crippen LogP contribution < -0.4 is 5.43 Å². The van der Waals surface area contributed by atoms with Gasteiger partial charge in [-0.3, -0.25) is 5.43 Å². The topological polar surface area (TPSA) is 50.2 Å². The van der Waals surface area contributed by atoms with Crippen LogP contribution in [0.1, 0.15) is 11.9 Å². The second-order valence-corrected chi connectivity index (χ2v) is 5.94. The number of rotatable bonds is 4. The molecule has 0 aliphatic carbocycles. The van der Waals surface area contributed by atoms with Crippen molar-refractivity contribution < 1.29 is 4.39 Å². The zero-order valence-corrected chi connectivity index (χ0v) is 12.7. The number of hydrogen-bond donors (Lipinski definition) is 1. The molecule has 2 aromatic heterocycles. The smallest absolute Gasteiger partial charge is 0.203 e. The first kappa shape index (κ1) is 13.8.